The van der Waals surface area contributed by atoms with E-state index < -0.39 is 17.5 Å². The number of hydrogen-bond acceptors (Lipinski definition) is 3. The van der Waals surface area contributed by atoms with Crippen LogP contribution >= 0.6 is 11.6 Å². The lowest BCUT2D eigenvalue weighted by atomic mass is 10.2. The Morgan fingerprint density at radius 2 is 2.06 bits per heavy atom. The van der Waals surface area contributed by atoms with Crippen molar-refractivity contribution < 1.29 is 13.9 Å². The van der Waals surface area contributed by atoms with Crippen LogP contribution in [0.3, 0.4) is 0 Å². The molecule has 1 rings (SSSR count). The zero-order valence-corrected chi connectivity index (χ0v) is 10.6. The summed E-state index contributed by atoms with van der Waals surface area (Å²) in [5.41, 5.74) is 5.14. The van der Waals surface area contributed by atoms with Crippen LogP contribution in [0.15, 0.2) is 12.1 Å². The first-order valence-electron chi connectivity index (χ1n) is 4.93. The third-order valence-electron chi connectivity index (χ3n) is 1.73. The summed E-state index contributed by atoms with van der Waals surface area (Å²) in [6.45, 7) is 5.15. The Labute approximate surface area is 104 Å². The average molecular weight is 261 g/mol. The molecule has 0 aliphatic rings. The van der Waals surface area contributed by atoms with E-state index in [-0.39, 0.29) is 16.4 Å². The molecule has 0 aliphatic carbocycles. The average Bonchev–Trinajstić information content (AvgIpc) is 2.10. The predicted octanol–water partition coefficient (Wildman–Crippen LogP) is 3.41. The molecule has 0 unspecified atom stereocenters. The molecule has 0 spiro atoms. The minimum atomic E-state index is -0.717. The molecule has 0 bridgehead atoms. The number of anilines is 2. The maximum atomic E-state index is 13.1. The normalized spacial score (nSPS) is 11.1. The molecule has 0 fully saturated rings. The van der Waals surface area contributed by atoms with E-state index in [9.17, 15) is 9.18 Å². The van der Waals surface area contributed by atoms with Crippen molar-refractivity contribution in [3.8, 4) is 0 Å². The fourth-order valence-corrected chi connectivity index (χ4v) is 1.31. The van der Waals surface area contributed by atoms with Gasteiger partial charge in [-0.15, -0.1) is 0 Å². The molecule has 0 radical (unpaired) electrons. The molecule has 1 aromatic carbocycles. The number of carbonyl (C=O) groups is 1. The molecule has 0 atom stereocenters. The van der Waals surface area contributed by atoms with Crippen LogP contribution in [0.1, 0.15) is 20.8 Å². The van der Waals surface area contributed by atoms with Crippen LogP contribution in [0.4, 0.5) is 20.6 Å². The first kappa shape index (κ1) is 13.6. The van der Waals surface area contributed by atoms with Gasteiger partial charge in [0.15, 0.2) is 0 Å². The highest BCUT2D eigenvalue weighted by atomic mass is 35.5. The van der Waals surface area contributed by atoms with Crippen molar-refractivity contribution >= 4 is 29.1 Å². The molecule has 3 N–H and O–H groups in total. The Hall–Kier alpha value is -1.49. The lowest BCUT2D eigenvalue weighted by molar-refractivity contribution is 0.0636. The number of nitrogens with two attached hydrogens (primary N) is 1. The molecule has 17 heavy (non-hydrogen) atoms. The minimum Gasteiger partial charge on any atom is -0.444 e. The topological polar surface area (TPSA) is 64.3 Å². The van der Waals surface area contributed by atoms with Gasteiger partial charge in [0.1, 0.15) is 11.4 Å². The summed E-state index contributed by atoms with van der Waals surface area (Å²) in [7, 11) is 0. The highest BCUT2D eigenvalue weighted by Gasteiger charge is 2.17. The lowest BCUT2D eigenvalue weighted by Crippen LogP contribution is -2.27. The van der Waals surface area contributed by atoms with E-state index >= 15 is 0 Å². The van der Waals surface area contributed by atoms with Crippen molar-refractivity contribution in [2.75, 3.05) is 11.1 Å². The number of halogens is 2. The van der Waals surface area contributed by atoms with Crippen molar-refractivity contribution in [3.05, 3.63) is 23.0 Å². The molecular formula is C11H14ClFN2O2. The third kappa shape index (κ3) is 4.11. The standard InChI is InChI=1S/C11H14ClFN2O2/c1-11(2,3)17-10(16)15-8-5-6(13)4-7(12)9(8)14/h4-5H,14H2,1-3H3,(H,15,16). The summed E-state index contributed by atoms with van der Waals surface area (Å²) in [6, 6.07) is 2.14. The molecule has 1 aromatic rings. The number of amides is 1. The van der Waals surface area contributed by atoms with Gasteiger partial charge in [0, 0.05) is 0 Å². The zero-order chi connectivity index (χ0) is 13.2. The molecule has 0 aliphatic heterocycles. The number of ether oxygens (including phenoxy) is 1. The zero-order valence-electron chi connectivity index (χ0n) is 9.80. The maximum absolute atomic E-state index is 13.1. The molecular weight excluding hydrogens is 247 g/mol. The second-order valence-electron chi connectivity index (χ2n) is 4.48. The SMILES string of the molecule is CC(C)(C)OC(=O)Nc1cc(F)cc(Cl)c1N. The van der Waals surface area contributed by atoms with Crippen molar-refractivity contribution in [3.63, 3.8) is 0 Å². The Balaban J connectivity index is 2.85. The number of nitrogen functional groups attached to an aromatic ring is 1. The molecule has 4 nitrogen and oxygen atoms in total. The van der Waals surface area contributed by atoms with Crippen LogP contribution in [0, 0.1) is 5.82 Å². The van der Waals surface area contributed by atoms with Gasteiger partial charge in [-0.05, 0) is 32.9 Å². The van der Waals surface area contributed by atoms with Crippen molar-refractivity contribution in [2.45, 2.75) is 26.4 Å². The first-order chi connectivity index (χ1) is 7.69. The van der Waals surface area contributed by atoms with Gasteiger partial charge in [0.25, 0.3) is 0 Å². The fraction of sp³-hybridized carbons (Fsp3) is 0.364. The Morgan fingerprint density at radius 1 is 1.47 bits per heavy atom. The Kier molecular flexibility index (Phi) is 3.83. The molecule has 0 saturated carbocycles. The summed E-state index contributed by atoms with van der Waals surface area (Å²) < 4.78 is 18.1. The molecule has 0 heterocycles. The summed E-state index contributed by atoms with van der Waals surface area (Å²) in [6.07, 6.45) is -0.717. The fourth-order valence-electron chi connectivity index (χ4n) is 1.10. The van der Waals surface area contributed by atoms with Crippen molar-refractivity contribution in [1.29, 1.82) is 0 Å². The summed E-state index contributed by atoms with van der Waals surface area (Å²) >= 11 is 5.68. The van der Waals surface area contributed by atoms with Gasteiger partial charge in [-0.1, -0.05) is 11.6 Å². The van der Waals surface area contributed by atoms with Crippen molar-refractivity contribution in [2.24, 2.45) is 0 Å². The van der Waals surface area contributed by atoms with Gasteiger partial charge in [-0.25, -0.2) is 9.18 Å². The molecule has 1 amide bonds. The van der Waals surface area contributed by atoms with E-state index in [1.165, 1.54) is 0 Å². The van der Waals surface area contributed by atoms with E-state index in [4.69, 9.17) is 22.1 Å². The van der Waals surface area contributed by atoms with Gasteiger partial charge in [-0.2, -0.15) is 0 Å². The number of carbonyl (C=O) groups excluding carboxylic acids is 1. The summed E-state index contributed by atoms with van der Waals surface area (Å²) in [5, 5.41) is 2.38. The predicted molar refractivity (Wildman–Crippen MR) is 65.7 cm³/mol. The van der Waals surface area contributed by atoms with Crippen LogP contribution in [-0.2, 0) is 4.74 Å². The Bertz CT molecular complexity index is 444. The second-order valence-corrected chi connectivity index (χ2v) is 4.88. The van der Waals surface area contributed by atoms with E-state index in [1.54, 1.807) is 20.8 Å². The lowest BCUT2D eigenvalue weighted by Gasteiger charge is -2.20. The van der Waals surface area contributed by atoms with Gasteiger partial charge >= 0.3 is 6.09 Å². The Morgan fingerprint density at radius 3 is 2.59 bits per heavy atom. The third-order valence-corrected chi connectivity index (χ3v) is 2.04. The number of rotatable bonds is 1. The second kappa shape index (κ2) is 4.79. The van der Waals surface area contributed by atoms with Gasteiger partial charge < -0.3 is 10.5 Å². The molecule has 0 aromatic heterocycles. The molecule has 0 saturated heterocycles. The quantitative estimate of drug-likeness (QED) is 0.761. The smallest absolute Gasteiger partial charge is 0.412 e. The molecule has 6 heteroatoms. The largest absolute Gasteiger partial charge is 0.444 e. The monoisotopic (exact) mass is 260 g/mol. The summed E-state index contributed by atoms with van der Waals surface area (Å²) in [4.78, 5) is 11.4. The highest BCUT2D eigenvalue weighted by molar-refractivity contribution is 6.33. The van der Waals surface area contributed by atoms with E-state index in [1.807, 2.05) is 0 Å². The number of nitrogens with one attached hydrogen (secondary N) is 1. The maximum Gasteiger partial charge on any atom is 0.412 e. The number of hydrogen-bond donors (Lipinski definition) is 2. The van der Waals surface area contributed by atoms with Crippen LogP contribution < -0.4 is 11.1 Å². The van der Waals surface area contributed by atoms with E-state index in [0.717, 1.165) is 12.1 Å². The van der Waals surface area contributed by atoms with Gasteiger partial charge in [0.2, 0.25) is 0 Å². The van der Waals surface area contributed by atoms with E-state index in [2.05, 4.69) is 5.32 Å². The highest BCUT2D eigenvalue weighted by Crippen LogP contribution is 2.28. The van der Waals surface area contributed by atoms with Gasteiger partial charge in [-0.3, -0.25) is 5.32 Å². The summed E-state index contributed by atoms with van der Waals surface area (Å²) in [5.74, 6) is -0.588. The first-order valence-corrected chi connectivity index (χ1v) is 5.31. The molecule has 94 valence electrons. The van der Waals surface area contributed by atoms with Crippen LogP contribution in [0.5, 0.6) is 0 Å². The minimum absolute atomic E-state index is 0.0380. The van der Waals surface area contributed by atoms with E-state index in [0.29, 0.717) is 0 Å². The van der Waals surface area contributed by atoms with Crippen LogP contribution in [-0.4, -0.2) is 11.7 Å². The van der Waals surface area contributed by atoms with Crippen LogP contribution in [0.25, 0.3) is 0 Å². The van der Waals surface area contributed by atoms with Crippen molar-refractivity contribution in [1.82, 2.24) is 0 Å². The van der Waals surface area contributed by atoms with Crippen LogP contribution in [0.2, 0.25) is 5.02 Å². The number of benzene rings is 1. The van der Waals surface area contributed by atoms with Gasteiger partial charge in [0.05, 0.1) is 16.4 Å².